The SMILES string of the molecule is Cc1cccc(C[C@@H]2S/C(=N\N=C/c3cccc([N+](=O)[O-])c3)N(c3ccccc3)C2=O)c1. The Morgan fingerprint density at radius 1 is 1.06 bits per heavy atom. The van der Waals surface area contributed by atoms with Crippen LogP contribution in [-0.2, 0) is 11.2 Å². The second-order valence-corrected chi connectivity index (χ2v) is 8.46. The van der Waals surface area contributed by atoms with Crippen LogP contribution in [0.15, 0.2) is 89.1 Å². The summed E-state index contributed by atoms with van der Waals surface area (Å²) in [5.74, 6) is -0.0491. The Labute approximate surface area is 189 Å². The van der Waals surface area contributed by atoms with Crippen LogP contribution in [0.3, 0.4) is 0 Å². The molecule has 0 aromatic heterocycles. The van der Waals surface area contributed by atoms with Crippen LogP contribution in [0.1, 0.15) is 16.7 Å². The number of thioether (sulfide) groups is 1. The molecule has 1 aliphatic rings. The van der Waals surface area contributed by atoms with Crippen LogP contribution in [0.4, 0.5) is 11.4 Å². The number of benzene rings is 3. The third kappa shape index (κ3) is 4.92. The van der Waals surface area contributed by atoms with Crippen LogP contribution in [-0.4, -0.2) is 27.5 Å². The van der Waals surface area contributed by atoms with Gasteiger partial charge in [0.05, 0.1) is 22.1 Å². The van der Waals surface area contributed by atoms with E-state index in [0.29, 0.717) is 17.2 Å². The van der Waals surface area contributed by atoms with Crippen LogP contribution in [0.5, 0.6) is 0 Å². The van der Waals surface area contributed by atoms with Crippen molar-refractivity contribution in [2.45, 2.75) is 18.6 Å². The molecule has 0 N–H and O–H groups in total. The first-order valence-electron chi connectivity index (χ1n) is 9.98. The molecule has 3 aromatic carbocycles. The molecule has 0 unspecified atom stereocenters. The summed E-state index contributed by atoms with van der Waals surface area (Å²) in [7, 11) is 0. The number of nitrogens with zero attached hydrogens (tertiary/aromatic N) is 4. The first-order chi connectivity index (χ1) is 15.5. The zero-order valence-corrected chi connectivity index (χ0v) is 18.1. The van der Waals surface area contributed by atoms with Gasteiger partial charge >= 0.3 is 0 Å². The van der Waals surface area contributed by atoms with Crippen LogP contribution < -0.4 is 4.90 Å². The maximum Gasteiger partial charge on any atom is 0.270 e. The molecule has 1 aliphatic heterocycles. The molecule has 3 aromatic rings. The molecular weight excluding hydrogens is 424 g/mol. The summed E-state index contributed by atoms with van der Waals surface area (Å²) in [5, 5.41) is 19.5. The number of hydrogen-bond acceptors (Lipinski definition) is 6. The number of para-hydroxylation sites is 1. The number of rotatable bonds is 6. The average Bonchev–Trinajstić information content (AvgIpc) is 3.09. The lowest BCUT2D eigenvalue weighted by Crippen LogP contribution is -2.32. The summed E-state index contributed by atoms with van der Waals surface area (Å²) >= 11 is 1.37. The van der Waals surface area contributed by atoms with E-state index >= 15 is 0 Å². The molecule has 1 heterocycles. The second-order valence-electron chi connectivity index (χ2n) is 7.29. The molecule has 1 amide bonds. The number of amides is 1. The van der Waals surface area contributed by atoms with Gasteiger partial charge in [0.1, 0.15) is 0 Å². The van der Waals surface area contributed by atoms with Crippen LogP contribution in [0, 0.1) is 17.0 Å². The maximum atomic E-state index is 13.3. The van der Waals surface area contributed by atoms with Crippen molar-refractivity contribution in [1.82, 2.24) is 0 Å². The van der Waals surface area contributed by atoms with E-state index in [0.717, 1.165) is 16.8 Å². The topological polar surface area (TPSA) is 88.2 Å². The van der Waals surface area contributed by atoms with E-state index in [1.54, 1.807) is 17.0 Å². The van der Waals surface area contributed by atoms with Crippen LogP contribution in [0.2, 0.25) is 0 Å². The van der Waals surface area contributed by atoms with E-state index in [1.165, 1.54) is 30.1 Å². The summed E-state index contributed by atoms with van der Waals surface area (Å²) in [4.78, 5) is 25.3. The van der Waals surface area contributed by atoms with Gasteiger partial charge in [-0.25, -0.2) is 0 Å². The Morgan fingerprint density at radius 2 is 1.84 bits per heavy atom. The monoisotopic (exact) mass is 444 g/mol. The molecule has 1 atom stereocenters. The average molecular weight is 445 g/mol. The molecule has 7 nitrogen and oxygen atoms in total. The summed E-state index contributed by atoms with van der Waals surface area (Å²) in [6.07, 6.45) is 2.03. The number of carbonyl (C=O) groups is 1. The molecular formula is C24H20N4O3S. The summed E-state index contributed by atoms with van der Waals surface area (Å²) in [6.45, 7) is 2.03. The highest BCUT2D eigenvalue weighted by atomic mass is 32.2. The van der Waals surface area contributed by atoms with Gasteiger partial charge in [0.2, 0.25) is 5.91 Å². The minimum atomic E-state index is -0.457. The van der Waals surface area contributed by atoms with Crippen molar-refractivity contribution in [3.63, 3.8) is 0 Å². The number of anilines is 1. The molecule has 0 spiro atoms. The first-order valence-corrected chi connectivity index (χ1v) is 10.9. The van der Waals surface area contributed by atoms with E-state index in [9.17, 15) is 14.9 Å². The van der Waals surface area contributed by atoms with Gasteiger partial charge in [0, 0.05) is 17.7 Å². The highest BCUT2D eigenvalue weighted by molar-refractivity contribution is 8.16. The van der Waals surface area contributed by atoms with E-state index in [4.69, 9.17) is 0 Å². The summed E-state index contributed by atoms with van der Waals surface area (Å²) in [5.41, 5.74) is 3.50. The lowest BCUT2D eigenvalue weighted by Gasteiger charge is -2.15. The van der Waals surface area contributed by atoms with Crippen molar-refractivity contribution in [3.8, 4) is 0 Å². The fourth-order valence-electron chi connectivity index (χ4n) is 3.40. The largest absolute Gasteiger partial charge is 0.273 e. The Bertz CT molecular complexity index is 1210. The molecule has 8 heteroatoms. The lowest BCUT2D eigenvalue weighted by molar-refractivity contribution is -0.384. The Morgan fingerprint density at radius 3 is 2.59 bits per heavy atom. The van der Waals surface area contributed by atoms with E-state index < -0.39 is 4.92 Å². The van der Waals surface area contributed by atoms with Gasteiger partial charge in [-0.15, -0.1) is 5.10 Å². The second kappa shape index (κ2) is 9.57. The minimum Gasteiger partial charge on any atom is -0.273 e. The lowest BCUT2D eigenvalue weighted by atomic mass is 10.1. The number of nitro benzene ring substituents is 1. The van der Waals surface area contributed by atoms with Crippen LogP contribution >= 0.6 is 11.8 Å². The number of hydrogen-bond donors (Lipinski definition) is 0. The Kier molecular flexibility index (Phi) is 6.42. The molecule has 0 radical (unpaired) electrons. The number of non-ortho nitro benzene ring substituents is 1. The molecule has 160 valence electrons. The van der Waals surface area contributed by atoms with E-state index in [2.05, 4.69) is 16.3 Å². The normalized spacial score (nSPS) is 17.4. The van der Waals surface area contributed by atoms with Crippen molar-refractivity contribution >= 4 is 40.4 Å². The standard InChI is InChI=1S/C24H20N4O3S/c1-17-7-5-8-18(13-17)15-22-23(29)27(20-10-3-2-4-11-20)24(32-22)26-25-16-19-9-6-12-21(14-19)28(30)31/h2-14,16,22H,15H2,1H3/b25-16-,26-24-/t22-/m0/s1. The Hall–Kier alpha value is -3.78. The summed E-state index contributed by atoms with van der Waals surface area (Å²) < 4.78 is 0. The molecule has 1 saturated heterocycles. The van der Waals surface area contributed by atoms with Crippen molar-refractivity contribution in [2.24, 2.45) is 10.2 Å². The maximum absolute atomic E-state index is 13.3. The predicted octanol–water partition coefficient (Wildman–Crippen LogP) is 4.98. The van der Waals surface area contributed by atoms with Gasteiger partial charge in [-0.2, -0.15) is 5.10 Å². The quantitative estimate of drug-likeness (QED) is 0.305. The highest BCUT2D eigenvalue weighted by Crippen LogP contribution is 2.34. The van der Waals surface area contributed by atoms with Gasteiger partial charge in [-0.1, -0.05) is 71.9 Å². The number of nitro groups is 1. The van der Waals surface area contributed by atoms with E-state index in [1.807, 2.05) is 55.5 Å². The van der Waals surface area contributed by atoms with Crippen molar-refractivity contribution in [3.05, 3.63) is 106 Å². The Balaban J connectivity index is 1.61. The number of aryl methyl sites for hydroxylation is 1. The van der Waals surface area contributed by atoms with Crippen molar-refractivity contribution in [2.75, 3.05) is 4.90 Å². The van der Waals surface area contributed by atoms with Gasteiger partial charge in [-0.3, -0.25) is 19.8 Å². The smallest absolute Gasteiger partial charge is 0.270 e. The van der Waals surface area contributed by atoms with Crippen molar-refractivity contribution < 1.29 is 9.72 Å². The third-order valence-corrected chi connectivity index (χ3v) is 6.01. The zero-order chi connectivity index (χ0) is 22.5. The van der Waals surface area contributed by atoms with Crippen molar-refractivity contribution in [1.29, 1.82) is 0 Å². The van der Waals surface area contributed by atoms with Gasteiger partial charge in [0.25, 0.3) is 5.69 Å². The van der Waals surface area contributed by atoms with Gasteiger partial charge < -0.3 is 0 Å². The number of amidine groups is 1. The zero-order valence-electron chi connectivity index (χ0n) is 17.3. The first kappa shape index (κ1) is 21.5. The third-order valence-electron chi connectivity index (χ3n) is 4.88. The molecule has 32 heavy (non-hydrogen) atoms. The molecule has 0 bridgehead atoms. The fraction of sp³-hybridized carbons (Fsp3) is 0.125. The molecule has 0 saturated carbocycles. The molecule has 0 aliphatic carbocycles. The molecule has 4 rings (SSSR count). The van der Waals surface area contributed by atoms with E-state index in [-0.39, 0.29) is 16.8 Å². The highest BCUT2D eigenvalue weighted by Gasteiger charge is 2.39. The number of carbonyl (C=O) groups excluding carboxylic acids is 1. The minimum absolute atomic E-state index is 0.0175. The van der Waals surface area contributed by atoms with Gasteiger partial charge in [-0.05, 0) is 31.0 Å². The van der Waals surface area contributed by atoms with Gasteiger partial charge in [0.15, 0.2) is 5.17 Å². The predicted molar refractivity (Wildman–Crippen MR) is 128 cm³/mol. The van der Waals surface area contributed by atoms with Crippen LogP contribution in [0.25, 0.3) is 0 Å². The summed E-state index contributed by atoms with van der Waals surface area (Å²) in [6, 6.07) is 23.6. The molecule has 1 fully saturated rings. The fourth-order valence-corrected chi connectivity index (χ4v) is 4.53.